The Morgan fingerprint density at radius 3 is 2.32 bits per heavy atom. The van der Waals surface area contributed by atoms with Crippen molar-refractivity contribution in [2.24, 2.45) is 0 Å². The van der Waals surface area contributed by atoms with E-state index < -0.39 is 17.5 Å². The lowest BCUT2D eigenvalue weighted by Crippen LogP contribution is -2.04. The van der Waals surface area contributed by atoms with Crippen LogP contribution in [0.15, 0.2) is 42.6 Å². The number of hydrogen-bond donors (Lipinski definition) is 0. The lowest BCUT2D eigenvalue weighted by atomic mass is 10.1. The van der Waals surface area contributed by atoms with Gasteiger partial charge in [0.1, 0.15) is 17.5 Å². The van der Waals surface area contributed by atoms with Crippen LogP contribution in [0.1, 0.15) is 0 Å². The summed E-state index contributed by atoms with van der Waals surface area (Å²) in [5.41, 5.74) is -0.0163. The number of aromatic nitrogens is 2. The molecule has 1 aromatic heterocycles. The Morgan fingerprint density at radius 1 is 1.00 bits per heavy atom. The number of imidazole rings is 1. The predicted octanol–water partition coefficient (Wildman–Crippen LogP) is 5.21. The van der Waals surface area contributed by atoms with E-state index in [1.165, 1.54) is 29.0 Å². The average Bonchev–Trinajstić information content (AvgIpc) is 2.81. The van der Waals surface area contributed by atoms with Gasteiger partial charge in [-0.25, -0.2) is 18.2 Å². The van der Waals surface area contributed by atoms with Crippen LogP contribution in [0.25, 0.3) is 16.9 Å². The van der Waals surface area contributed by atoms with E-state index in [1.54, 1.807) is 0 Å². The van der Waals surface area contributed by atoms with Gasteiger partial charge in [0.2, 0.25) is 0 Å². The van der Waals surface area contributed by atoms with E-state index in [-0.39, 0.29) is 22.0 Å². The Bertz CT molecular complexity index is 844. The molecule has 112 valence electrons. The zero-order valence-corrected chi connectivity index (χ0v) is 13.7. The summed E-state index contributed by atoms with van der Waals surface area (Å²) in [4.78, 5) is 4.03. The van der Waals surface area contributed by atoms with Gasteiger partial charge in [0.05, 0.1) is 23.1 Å². The second-order valence-electron chi connectivity index (χ2n) is 4.44. The highest BCUT2D eigenvalue weighted by molar-refractivity contribution is 14.1. The fourth-order valence-corrected chi connectivity index (χ4v) is 2.96. The lowest BCUT2D eigenvalue weighted by Gasteiger charge is -2.12. The Kier molecular flexibility index (Phi) is 4.14. The van der Waals surface area contributed by atoms with Crippen molar-refractivity contribution in [2.45, 2.75) is 0 Å². The molecule has 0 aliphatic heterocycles. The molecule has 0 bridgehead atoms. The molecule has 0 atom stereocenters. The number of rotatable bonds is 2. The minimum absolute atomic E-state index is 0.115. The fourth-order valence-electron chi connectivity index (χ4n) is 2.14. The molecule has 0 saturated heterocycles. The topological polar surface area (TPSA) is 17.8 Å². The Hall–Kier alpha value is -1.54. The molecule has 1 heterocycles. The summed E-state index contributed by atoms with van der Waals surface area (Å²) in [7, 11) is 0. The van der Waals surface area contributed by atoms with Crippen LogP contribution in [0.2, 0.25) is 5.02 Å². The minimum atomic E-state index is -0.744. The molecule has 0 saturated carbocycles. The Labute approximate surface area is 142 Å². The highest BCUT2D eigenvalue weighted by atomic mass is 127. The van der Waals surface area contributed by atoms with Crippen LogP contribution in [0.5, 0.6) is 0 Å². The van der Waals surface area contributed by atoms with Crippen LogP contribution in [0, 0.1) is 21.3 Å². The second-order valence-corrected chi connectivity index (χ2v) is 5.84. The van der Waals surface area contributed by atoms with Crippen molar-refractivity contribution in [1.82, 2.24) is 9.55 Å². The first-order chi connectivity index (χ1) is 10.5. The molecule has 0 aliphatic carbocycles. The number of hydrogen-bond acceptors (Lipinski definition) is 1. The van der Waals surface area contributed by atoms with Crippen molar-refractivity contribution in [1.29, 1.82) is 0 Å². The molecule has 2 aromatic carbocycles. The van der Waals surface area contributed by atoms with Crippen molar-refractivity contribution in [2.75, 3.05) is 0 Å². The van der Waals surface area contributed by atoms with Gasteiger partial charge in [0, 0.05) is 27.6 Å². The summed E-state index contributed by atoms with van der Waals surface area (Å²) in [6, 6.07) is 7.61. The van der Waals surface area contributed by atoms with E-state index in [9.17, 15) is 13.2 Å². The fraction of sp³-hybridized carbons (Fsp3) is 0. The molecule has 3 rings (SSSR count). The highest BCUT2D eigenvalue weighted by Gasteiger charge is 2.20. The van der Waals surface area contributed by atoms with Gasteiger partial charge < -0.3 is 0 Å². The molecule has 0 aliphatic rings. The van der Waals surface area contributed by atoms with Gasteiger partial charge >= 0.3 is 0 Å². The zero-order valence-electron chi connectivity index (χ0n) is 10.8. The van der Waals surface area contributed by atoms with Crippen LogP contribution in [-0.2, 0) is 0 Å². The smallest absolute Gasteiger partial charge is 0.176 e. The van der Waals surface area contributed by atoms with Crippen molar-refractivity contribution >= 4 is 34.2 Å². The first-order valence-electron chi connectivity index (χ1n) is 6.12. The zero-order chi connectivity index (χ0) is 15.9. The molecular formula is C15H7ClF3IN2. The van der Waals surface area contributed by atoms with Gasteiger partial charge in [0.25, 0.3) is 0 Å². The second kappa shape index (κ2) is 5.92. The first kappa shape index (κ1) is 15.4. The summed E-state index contributed by atoms with van der Waals surface area (Å²) >= 11 is 7.61. The summed E-state index contributed by atoms with van der Waals surface area (Å²) in [6.07, 6.45) is 1.30. The molecule has 0 amide bonds. The van der Waals surface area contributed by atoms with Gasteiger partial charge in [-0.3, -0.25) is 4.57 Å². The number of benzene rings is 2. The maximum atomic E-state index is 14.2. The predicted molar refractivity (Wildman–Crippen MR) is 86.6 cm³/mol. The van der Waals surface area contributed by atoms with Gasteiger partial charge in [-0.05, 0) is 30.3 Å². The van der Waals surface area contributed by atoms with Gasteiger partial charge in [-0.15, -0.1) is 0 Å². The third-order valence-corrected chi connectivity index (χ3v) is 4.08. The Balaban J connectivity index is 2.29. The molecule has 0 unspecified atom stereocenters. The molecule has 22 heavy (non-hydrogen) atoms. The van der Waals surface area contributed by atoms with Crippen LogP contribution < -0.4 is 0 Å². The van der Waals surface area contributed by atoms with E-state index in [0.717, 1.165) is 18.2 Å². The van der Waals surface area contributed by atoms with Crippen molar-refractivity contribution in [3.8, 4) is 16.9 Å². The standard InChI is InChI=1S/C15H7ClF3IN2/c16-8-4-5-12(11(19)6-8)22-13(7-21-15(22)20)14-9(17)2-1-3-10(14)18/h1-7H. The maximum absolute atomic E-state index is 14.2. The molecule has 0 fully saturated rings. The lowest BCUT2D eigenvalue weighted by molar-refractivity contribution is 0.586. The van der Waals surface area contributed by atoms with Crippen LogP contribution in [-0.4, -0.2) is 9.55 Å². The molecule has 3 aromatic rings. The third kappa shape index (κ3) is 2.61. The monoisotopic (exact) mass is 434 g/mol. The SMILES string of the molecule is Fc1cc(Cl)ccc1-n1c(-c2c(F)cccc2F)cnc1I. The summed E-state index contributed by atoms with van der Waals surface area (Å²) in [6.45, 7) is 0. The molecule has 0 N–H and O–H groups in total. The molecule has 0 spiro atoms. The highest BCUT2D eigenvalue weighted by Crippen LogP contribution is 2.31. The molecule has 7 heteroatoms. The summed E-state index contributed by atoms with van der Waals surface area (Å²) in [5.74, 6) is -2.10. The van der Waals surface area contributed by atoms with Crippen LogP contribution >= 0.6 is 34.2 Å². The minimum Gasteiger partial charge on any atom is -0.285 e. The molecule has 2 nitrogen and oxygen atoms in total. The molecular weight excluding hydrogens is 428 g/mol. The van der Waals surface area contributed by atoms with Crippen molar-refractivity contribution < 1.29 is 13.2 Å². The third-order valence-electron chi connectivity index (χ3n) is 3.09. The Morgan fingerprint density at radius 2 is 1.68 bits per heavy atom. The normalized spacial score (nSPS) is 11.0. The van der Waals surface area contributed by atoms with Crippen molar-refractivity contribution in [3.05, 3.63) is 68.9 Å². The van der Waals surface area contributed by atoms with Gasteiger partial charge in [-0.1, -0.05) is 17.7 Å². The van der Waals surface area contributed by atoms with E-state index in [2.05, 4.69) is 4.98 Å². The van der Waals surface area contributed by atoms with E-state index >= 15 is 0 Å². The maximum Gasteiger partial charge on any atom is 0.176 e. The average molecular weight is 435 g/mol. The summed E-state index contributed by atoms with van der Waals surface area (Å²) in [5, 5.41) is 0.231. The summed E-state index contributed by atoms with van der Waals surface area (Å²) < 4.78 is 43.9. The van der Waals surface area contributed by atoms with Crippen molar-refractivity contribution in [3.63, 3.8) is 0 Å². The largest absolute Gasteiger partial charge is 0.285 e. The number of nitrogens with zero attached hydrogens (tertiary/aromatic N) is 2. The van der Waals surface area contributed by atoms with Gasteiger partial charge in [-0.2, -0.15) is 0 Å². The quantitative estimate of drug-likeness (QED) is 0.506. The van der Waals surface area contributed by atoms with Crippen LogP contribution in [0.4, 0.5) is 13.2 Å². The van der Waals surface area contributed by atoms with E-state index in [4.69, 9.17) is 11.6 Å². The van der Waals surface area contributed by atoms with E-state index in [1.807, 2.05) is 22.6 Å². The van der Waals surface area contributed by atoms with Crippen LogP contribution in [0.3, 0.4) is 0 Å². The number of halogens is 5. The van der Waals surface area contributed by atoms with E-state index in [0.29, 0.717) is 3.83 Å². The van der Waals surface area contributed by atoms with Gasteiger partial charge in [0.15, 0.2) is 3.83 Å². The first-order valence-corrected chi connectivity index (χ1v) is 7.57. The molecule has 0 radical (unpaired) electrons.